The van der Waals surface area contributed by atoms with Crippen molar-refractivity contribution in [3.63, 3.8) is 0 Å². The van der Waals surface area contributed by atoms with Crippen LogP contribution >= 0.6 is 0 Å². The van der Waals surface area contributed by atoms with Crippen LogP contribution in [-0.2, 0) is 13.0 Å². The van der Waals surface area contributed by atoms with Crippen LogP contribution in [0.2, 0.25) is 0 Å². The van der Waals surface area contributed by atoms with E-state index in [1.807, 2.05) is 36.4 Å². The van der Waals surface area contributed by atoms with Gasteiger partial charge < -0.3 is 20.1 Å². The van der Waals surface area contributed by atoms with Gasteiger partial charge in [-0.15, -0.1) is 0 Å². The summed E-state index contributed by atoms with van der Waals surface area (Å²) < 4.78 is 10.6. The molecule has 0 saturated heterocycles. The first-order valence-corrected chi connectivity index (χ1v) is 9.06. The molecule has 1 aliphatic heterocycles. The number of amides is 1. The molecular formula is C21H20N4O3. The molecule has 1 amide bonds. The molecule has 1 aromatic heterocycles. The number of ether oxygens (including phenoxy) is 2. The fraction of sp³-hybridized carbons (Fsp3) is 0.190. The van der Waals surface area contributed by atoms with Crippen LogP contribution < -0.4 is 20.1 Å². The molecule has 0 bridgehead atoms. The molecule has 0 saturated carbocycles. The van der Waals surface area contributed by atoms with Crippen LogP contribution in [0.5, 0.6) is 11.5 Å². The Labute approximate surface area is 162 Å². The summed E-state index contributed by atoms with van der Waals surface area (Å²) >= 11 is 0. The number of rotatable bonds is 6. The number of nitrogens with zero attached hydrogens (tertiary/aromatic N) is 2. The monoisotopic (exact) mass is 376 g/mol. The minimum absolute atomic E-state index is 0.228. The van der Waals surface area contributed by atoms with Gasteiger partial charge in [-0.3, -0.25) is 4.79 Å². The first-order chi connectivity index (χ1) is 13.7. The van der Waals surface area contributed by atoms with E-state index in [2.05, 4.69) is 33.6 Å². The lowest BCUT2D eigenvalue weighted by Crippen LogP contribution is -2.23. The molecule has 0 radical (unpaired) electrons. The maximum absolute atomic E-state index is 12.4. The zero-order chi connectivity index (χ0) is 19.3. The summed E-state index contributed by atoms with van der Waals surface area (Å²) in [6.45, 7) is 2.69. The Morgan fingerprint density at radius 3 is 2.68 bits per heavy atom. The smallest absolute Gasteiger partial charge is 0.254 e. The number of anilines is 2. The number of aryl methyl sites for hydroxylation is 1. The van der Waals surface area contributed by atoms with Crippen LogP contribution in [0.1, 0.15) is 28.4 Å². The highest BCUT2D eigenvalue weighted by molar-refractivity contribution is 5.93. The average molecular weight is 376 g/mol. The zero-order valence-electron chi connectivity index (χ0n) is 15.4. The van der Waals surface area contributed by atoms with Gasteiger partial charge in [-0.25, -0.2) is 9.97 Å². The van der Waals surface area contributed by atoms with Crippen LogP contribution in [0, 0.1) is 0 Å². The van der Waals surface area contributed by atoms with E-state index in [0.29, 0.717) is 23.8 Å². The lowest BCUT2D eigenvalue weighted by Gasteiger charge is -2.10. The van der Waals surface area contributed by atoms with E-state index in [9.17, 15) is 4.79 Å². The van der Waals surface area contributed by atoms with Crippen LogP contribution in [0.25, 0.3) is 0 Å². The molecule has 0 atom stereocenters. The number of benzene rings is 2. The molecule has 0 spiro atoms. The second-order valence-electron chi connectivity index (χ2n) is 6.30. The van der Waals surface area contributed by atoms with Crippen molar-refractivity contribution in [2.45, 2.75) is 19.9 Å². The number of nitrogens with one attached hydrogen (secondary N) is 2. The van der Waals surface area contributed by atoms with Crippen molar-refractivity contribution in [3.05, 3.63) is 71.5 Å². The van der Waals surface area contributed by atoms with Crippen molar-refractivity contribution in [3.8, 4) is 11.5 Å². The zero-order valence-corrected chi connectivity index (χ0v) is 15.4. The molecule has 7 nitrogen and oxygen atoms in total. The number of fused-ring (bicyclic) bond motifs is 1. The van der Waals surface area contributed by atoms with Gasteiger partial charge in [0, 0.05) is 24.6 Å². The molecule has 7 heteroatoms. The SMILES string of the molecule is CCc1ccccc1Nc1ncc(C(=O)NCc2ccc3c(c2)OCO3)cn1. The van der Waals surface area contributed by atoms with Crippen molar-refractivity contribution in [2.24, 2.45) is 0 Å². The molecular weight excluding hydrogens is 356 g/mol. The van der Waals surface area contributed by atoms with E-state index in [1.54, 1.807) is 0 Å². The van der Waals surface area contributed by atoms with E-state index in [-0.39, 0.29) is 12.7 Å². The fourth-order valence-corrected chi connectivity index (χ4v) is 2.92. The predicted octanol–water partition coefficient (Wildman–Crippen LogP) is 3.44. The summed E-state index contributed by atoms with van der Waals surface area (Å²) in [7, 11) is 0. The number of aromatic nitrogens is 2. The van der Waals surface area contributed by atoms with Gasteiger partial charge in [0.25, 0.3) is 5.91 Å². The lowest BCUT2D eigenvalue weighted by molar-refractivity contribution is 0.0950. The van der Waals surface area contributed by atoms with Crippen molar-refractivity contribution in [1.82, 2.24) is 15.3 Å². The first-order valence-electron chi connectivity index (χ1n) is 9.06. The van der Waals surface area contributed by atoms with E-state index in [0.717, 1.165) is 23.4 Å². The van der Waals surface area contributed by atoms with Crippen LogP contribution in [0.4, 0.5) is 11.6 Å². The Bertz CT molecular complexity index is 989. The van der Waals surface area contributed by atoms with Crippen molar-refractivity contribution in [1.29, 1.82) is 0 Å². The Kier molecular flexibility index (Phi) is 5.05. The van der Waals surface area contributed by atoms with Crippen LogP contribution in [-0.4, -0.2) is 22.7 Å². The summed E-state index contributed by atoms with van der Waals surface area (Å²) in [4.78, 5) is 20.9. The maximum atomic E-state index is 12.4. The number of para-hydroxylation sites is 1. The normalized spacial score (nSPS) is 11.9. The third-order valence-electron chi connectivity index (χ3n) is 4.45. The molecule has 2 heterocycles. The molecule has 2 N–H and O–H groups in total. The quantitative estimate of drug-likeness (QED) is 0.685. The average Bonchev–Trinajstić information content (AvgIpc) is 3.21. The Hall–Kier alpha value is -3.61. The van der Waals surface area contributed by atoms with Crippen molar-refractivity contribution in [2.75, 3.05) is 12.1 Å². The molecule has 0 fully saturated rings. The van der Waals surface area contributed by atoms with Gasteiger partial charge in [0.1, 0.15) is 0 Å². The van der Waals surface area contributed by atoms with Crippen LogP contribution in [0.3, 0.4) is 0 Å². The van der Waals surface area contributed by atoms with E-state index >= 15 is 0 Å². The van der Waals surface area contributed by atoms with Gasteiger partial charge >= 0.3 is 0 Å². The molecule has 28 heavy (non-hydrogen) atoms. The molecule has 0 aliphatic carbocycles. The van der Waals surface area contributed by atoms with Gasteiger partial charge in [-0.1, -0.05) is 31.2 Å². The van der Waals surface area contributed by atoms with Gasteiger partial charge in [0.15, 0.2) is 11.5 Å². The summed E-state index contributed by atoms with van der Waals surface area (Å²) in [5.74, 6) is 1.63. The highest BCUT2D eigenvalue weighted by atomic mass is 16.7. The summed E-state index contributed by atoms with van der Waals surface area (Å²) in [5.41, 5.74) is 3.46. The topological polar surface area (TPSA) is 85.4 Å². The number of carbonyl (C=O) groups is 1. The Balaban J connectivity index is 1.37. The molecule has 0 unspecified atom stereocenters. The molecule has 142 valence electrons. The van der Waals surface area contributed by atoms with Gasteiger partial charge in [-0.2, -0.15) is 0 Å². The third kappa shape index (κ3) is 3.88. The second kappa shape index (κ2) is 7.96. The summed E-state index contributed by atoms with van der Waals surface area (Å²) in [5, 5.41) is 6.05. The molecule has 1 aliphatic rings. The number of hydrogen-bond acceptors (Lipinski definition) is 6. The summed E-state index contributed by atoms with van der Waals surface area (Å²) in [6.07, 6.45) is 3.93. The Morgan fingerprint density at radius 1 is 1.07 bits per heavy atom. The van der Waals surface area contributed by atoms with Gasteiger partial charge in [0.05, 0.1) is 5.56 Å². The summed E-state index contributed by atoms with van der Waals surface area (Å²) in [6, 6.07) is 13.6. The lowest BCUT2D eigenvalue weighted by atomic mass is 10.1. The molecule has 4 rings (SSSR count). The van der Waals surface area contributed by atoms with E-state index in [1.165, 1.54) is 18.0 Å². The van der Waals surface area contributed by atoms with Gasteiger partial charge in [0.2, 0.25) is 12.7 Å². The second-order valence-corrected chi connectivity index (χ2v) is 6.30. The first kappa shape index (κ1) is 17.8. The Morgan fingerprint density at radius 2 is 1.86 bits per heavy atom. The minimum Gasteiger partial charge on any atom is -0.454 e. The molecule has 3 aromatic rings. The van der Waals surface area contributed by atoms with Crippen molar-refractivity contribution >= 4 is 17.5 Å². The standard InChI is InChI=1S/C21H20N4O3/c1-2-15-5-3-4-6-17(15)25-21-23-11-16(12-24-21)20(26)22-10-14-7-8-18-19(9-14)28-13-27-18/h3-9,11-12H,2,10,13H2,1H3,(H,22,26)(H,23,24,25). The largest absolute Gasteiger partial charge is 0.454 e. The third-order valence-corrected chi connectivity index (χ3v) is 4.45. The van der Waals surface area contributed by atoms with Crippen molar-refractivity contribution < 1.29 is 14.3 Å². The number of carbonyl (C=O) groups excluding carboxylic acids is 1. The number of hydrogen-bond donors (Lipinski definition) is 2. The maximum Gasteiger partial charge on any atom is 0.254 e. The van der Waals surface area contributed by atoms with Gasteiger partial charge in [-0.05, 0) is 35.7 Å². The molecule has 2 aromatic carbocycles. The fourth-order valence-electron chi connectivity index (χ4n) is 2.92. The van der Waals surface area contributed by atoms with E-state index in [4.69, 9.17) is 9.47 Å². The van der Waals surface area contributed by atoms with E-state index < -0.39 is 0 Å². The minimum atomic E-state index is -0.238. The highest BCUT2D eigenvalue weighted by Crippen LogP contribution is 2.32. The van der Waals surface area contributed by atoms with Crippen LogP contribution in [0.15, 0.2) is 54.9 Å². The highest BCUT2D eigenvalue weighted by Gasteiger charge is 2.14. The predicted molar refractivity (Wildman–Crippen MR) is 105 cm³/mol.